The normalized spacial score (nSPS) is 10.6. The average Bonchev–Trinajstić information content (AvgIpc) is 2.37. The molecule has 0 amide bonds. The van der Waals surface area contributed by atoms with E-state index in [9.17, 15) is 9.50 Å². The number of aromatic hydroxyl groups is 1. The number of benzene rings is 1. The molecular weight excluding hydrogens is 231 g/mol. The van der Waals surface area contributed by atoms with Crippen molar-refractivity contribution < 1.29 is 9.50 Å². The first-order chi connectivity index (χ1) is 8.68. The summed E-state index contributed by atoms with van der Waals surface area (Å²) in [6.07, 6.45) is 3.54. The van der Waals surface area contributed by atoms with Crippen LogP contribution < -0.4 is 5.32 Å². The summed E-state index contributed by atoms with van der Waals surface area (Å²) in [6, 6.07) is 6.47. The molecule has 2 N–H and O–H groups in total. The lowest BCUT2D eigenvalue weighted by Gasteiger charge is -2.08. The molecule has 0 saturated heterocycles. The summed E-state index contributed by atoms with van der Waals surface area (Å²) in [5.74, 6) is -0.870. The standard InChI is InChI=1S/C14H15FN2O/c1-10-7-16-6-5-11(10)8-17-9-12-3-2-4-13(15)14(12)18/h2-7,17-18H,8-9H2,1H3. The van der Waals surface area contributed by atoms with Gasteiger partial charge in [-0.1, -0.05) is 12.1 Å². The first-order valence-corrected chi connectivity index (χ1v) is 5.75. The lowest BCUT2D eigenvalue weighted by atomic mass is 10.1. The molecule has 0 aliphatic heterocycles. The van der Waals surface area contributed by atoms with Crippen molar-refractivity contribution in [3.05, 3.63) is 59.2 Å². The molecule has 0 spiro atoms. The Morgan fingerprint density at radius 3 is 2.78 bits per heavy atom. The summed E-state index contributed by atoms with van der Waals surface area (Å²) in [4.78, 5) is 4.02. The van der Waals surface area contributed by atoms with E-state index in [0.717, 1.165) is 11.1 Å². The molecule has 0 aliphatic rings. The van der Waals surface area contributed by atoms with Gasteiger partial charge in [0.15, 0.2) is 11.6 Å². The van der Waals surface area contributed by atoms with Crippen molar-refractivity contribution in [1.82, 2.24) is 10.3 Å². The van der Waals surface area contributed by atoms with Crippen molar-refractivity contribution in [2.45, 2.75) is 20.0 Å². The monoisotopic (exact) mass is 246 g/mol. The number of nitrogens with one attached hydrogen (secondary N) is 1. The Kier molecular flexibility index (Phi) is 3.89. The van der Waals surface area contributed by atoms with Crippen molar-refractivity contribution >= 4 is 0 Å². The molecule has 4 heteroatoms. The fourth-order valence-electron chi connectivity index (χ4n) is 1.74. The average molecular weight is 246 g/mol. The van der Waals surface area contributed by atoms with E-state index in [1.807, 2.05) is 13.0 Å². The highest BCUT2D eigenvalue weighted by Gasteiger charge is 2.05. The second-order valence-corrected chi connectivity index (χ2v) is 4.15. The Labute approximate surface area is 105 Å². The number of pyridine rings is 1. The van der Waals surface area contributed by atoms with Crippen LogP contribution in [0, 0.1) is 12.7 Å². The van der Waals surface area contributed by atoms with E-state index in [4.69, 9.17) is 0 Å². The first-order valence-electron chi connectivity index (χ1n) is 5.75. The second-order valence-electron chi connectivity index (χ2n) is 4.15. The van der Waals surface area contributed by atoms with Gasteiger partial charge in [0.1, 0.15) is 0 Å². The number of halogens is 1. The van der Waals surface area contributed by atoms with Crippen molar-refractivity contribution in [3.8, 4) is 5.75 Å². The van der Waals surface area contributed by atoms with E-state index in [-0.39, 0.29) is 5.75 Å². The molecule has 2 aromatic rings. The van der Waals surface area contributed by atoms with Crippen LogP contribution in [0.4, 0.5) is 4.39 Å². The first kappa shape index (κ1) is 12.5. The Balaban J connectivity index is 1.97. The molecule has 1 aromatic heterocycles. The zero-order valence-electron chi connectivity index (χ0n) is 10.2. The number of nitrogens with zero attached hydrogens (tertiary/aromatic N) is 1. The van der Waals surface area contributed by atoms with Crippen LogP contribution in [0.15, 0.2) is 36.7 Å². The number of aryl methyl sites for hydroxylation is 1. The zero-order chi connectivity index (χ0) is 13.0. The number of phenolic OH excluding ortho intramolecular Hbond substituents is 1. The molecule has 0 atom stereocenters. The number of aromatic nitrogens is 1. The molecule has 2 rings (SSSR count). The smallest absolute Gasteiger partial charge is 0.165 e. The third kappa shape index (κ3) is 2.84. The van der Waals surface area contributed by atoms with Gasteiger partial charge in [-0.3, -0.25) is 4.98 Å². The van der Waals surface area contributed by atoms with E-state index in [2.05, 4.69) is 10.3 Å². The highest BCUT2D eigenvalue weighted by atomic mass is 19.1. The van der Waals surface area contributed by atoms with Gasteiger partial charge in [-0.2, -0.15) is 0 Å². The zero-order valence-corrected chi connectivity index (χ0v) is 10.2. The maximum Gasteiger partial charge on any atom is 0.165 e. The number of hydrogen-bond donors (Lipinski definition) is 2. The van der Waals surface area contributed by atoms with Crippen LogP contribution in [-0.4, -0.2) is 10.1 Å². The van der Waals surface area contributed by atoms with E-state index in [1.54, 1.807) is 24.5 Å². The highest BCUT2D eigenvalue weighted by molar-refractivity contribution is 5.33. The van der Waals surface area contributed by atoms with E-state index in [1.165, 1.54) is 6.07 Å². The van der Waals surface area contributed by atoms with Crippen LogP contribution in [0.25, 0.3) is 0 Å². The number of rotatable bonds is 4. The van der Waals surface area contributed by atoms with Gasteiger partial charge in [0, 0.05) is 31.0 Å². The van der Waals surface area contributed by atoms with Crippen molar-refractivity contribution in [1.29, 1.82) is 0 Å². The number of hydrogen-bond acceptors (Lipinski definition) is 3. The molecule has 1 heterocycles. The SMILES string of the molecule is Cc1cnccc1CNCc1cccc(F)c1O. The summed E-state index contributed by atoms with van der Waals surface area (Å²) < 4.78 is 13.1. The third-order valence-corrected chi connectivity index (χ3v) is 2.84. The summed E-state index contributed by atoms with van der Waals surface area (Å²) in [6.45, 7) is 3.07. The van der Waals surface area contributed by atoms with Gasteiger partial charge in [0.2, 0.25) is 0 Å². The fraction of sp³-hybridized carbons (Fsp3) is 0.214. The lowest BCUT2D eigenvalue weighted by molar-refractivity contribution is 0.423. The van der Waals surface area contributed by atoms with Crippen molar-refractivity contribution in [3.63, 3.8) is 0 Å². The summed E-state index contributed by atoms with van der Waals surface area (Å²) in [7, 11) is 0. The summed E-state index contributed by atoms with van der Waals surface area (Å²) in [5, 5.41) is 12.7. The number of para-hydroxylation sites is 1. The van der Waals surface area contributed by atoms with Gasteiger partial charge in [0.05, 0.1) is 0 Å². The molecule has 0 aliphatic carbocycles. The van der Waals surface area contributed by atoms with Crippen molar-refractivity contribution in [2.75, 3.05) is 0 Å². The summed E-state index contributed by atoms with van der Waals surface area (Å²) >= 11 is 0. The topological polar surface area (TPSA) is 45.2 Å². The quantitative estimate of drug-likeness (QED) is 0.871. The Hall–Kier alpha value is -1.94. The molecule has 0 radical (unpaired) electrons. The Morgan fingerprint density at radius 1 is 1.22 bits per heavy atom. The minimum absolute atomic E-state index is 0.281. The van der Waals surface area contributed by atoms with E-state index in [0.29, 0.717) is 18.7 Å². The summed E-state index contributed by atoms with van der Waals surface area (Å²) in [5.41, 5.74) is 2.80. The van der Waals surface area contributed by atoms with Crippen LogP contribution >= 0.6 is 0 Å². The molecule has 18 heavy (non-hydrogen) atoms. The molecular formula is C14H15FN2O. The fourth-order valence-corrected chi connectivity index (χ4v) is 1.74. The molecule has 0 fully saturated rings. The van der Waals surface area contributed by atoms with Gasteiger partial charge in [0.25, 0.3) is 0 Å². The minimum atomic E-state index is -0.589. The van der Waals surface area contributed by atoms with Gasteiger partial charge in [-0.15, -0.1) is 0 Å². The van der Waals surface area contributed by atoms with E-state index < -0.39 is 5.82 Å². The van der Waals surface area contributed by atoms with Gasteiger partial charge >= 0.3 is 0 Å². The Bertz CT molecular complexity index is 543. The predicted octanol–water partition coefficient (Wildman–Crippen LogP) is 2.52. The minimum Gasteiger partial charge on any atom is -0.505 e. The largest absolute Gasteiger partial charge is 0.505 e. The molecule has 94 valence electrons. The van der Waals surface area contributed by atoms with E-state index >= 15 is 0 Å². The van der Waals surface area contributed by atoms with Crippen molar-refractivity contribution in [2.24, 2.45) is 0 Å². The van der Waals surface area contributed by atoms with Gasteiger partial charge in [-0.25, -0.2) is 4.39 Å². The lowest BCUT2D eigenvalue weighted by Crippen LogP contribution is -2.13. The molecule has 1 aromatic carbocycles. The highest BCUT2D eigenvalue weighted by Crippen LogP contribution is 2.20. The molecule has 3 nitrogen and oxygen atoms in total. The van der Waals surface area contributed by atoms with Crippen LogP contribution in [-0.2, 0) is 13.1 Å². The number of phenols is 1. The van der Waals surface area contributed by atoms with Crippen LogP contribution in [0.2, 0.25) is 0 Å². The predicted molar refractivity (Wildman–Crippen MR) is 67.6 cm³/mol. The van der Waals surface area contributed by atoms with Crippen LogP contribution in [0.1, 0.15) is 16.7 Å². The Morgan fingerprint density at radius 2 is 2.00 bits per heavy atom. The maximum atomic E-state index is 13.1. The molecule has 0 bridgehead atoms. The molecule has 0 unspecified atom stereocenters. The molecule has 0 saturated carbocycles. The van der Waals surface area contributed by atoms with Crippen LogP contribution in [0.5, 0.6) is 5.75 Å². The maximum absolute atomic E-state index is 13.1. The van der Waals surface area contributed by atoms with Gasteiger partial charge in [-0.05, 0) is 30.2 Å². The third-order valence-electron chi connectivity index (χ3n) is 2.84. The van der Waals surface area contributed by atoms with Gasteiger partial charge < -0.3 is 10.4 Å². The van der Waals surface area contributed by atoms with Crippen LogP contribution in [0.3, 0.4) is 0 Å². The second kappa shape index (κ2) is 5.60.